The number of amides is 2. The Morgan fingerprint density at radius 3 is 2.86 bits per heavy atom. The van der Waals surface area contributed by atoms with Crippen LogP contribution in [0, 0.1) is 5.92 Å². The van der Waals surface area contributed by atoms with Crippen LogP contribution >= 0.6 is 15.9 Å². The molecule has 0 saturated carbocycles. The molecule has 0 aromatic heterocycles. The van der Waals surface area contributed by atoms with Crippen molar-refractivity contribution in [2.45, 2.75) is 39.3 Å². The summed E-state index contributed by atoms with van der Waals surface area (Å²) in [5.41, 5.74) is 1.04. The fraction of sp³-hybridized carbons (Fsp3) is 0.500. The summed E-state index contributed by atoms with van der Waals surface area (Å²) in [4.78, 5) is 26.2. The van der Waals surface area contributed by atoms with Crippen molar-refractivity contribution in [2.24, 2.45) is 5.92 Å². The van der Waals surface area contributed by atoms with Gasteiger partial charge in [-0.1, -0.05) is 41.9 Å². The standard InChI is InChI=1S/C16H21BrN2O2/c1-11(2)16(21)19-8-4-7-14(19)15(20)18-10-12-5-3-6-13(17)9-12/h3,5-6,9,11,14H,4,7-8,10H2,1-2H3,(H,18,20). The molecule has 114 valence electrons. The van der Waals surface area contributed by atoms with Crippen molar-refractivity contribution in [1.29, 1.82) is 0 Å². The van der Waals surface area contributed by atoms with Crippen LogP contribution in [0.15, 0.2) is 28.7 Å². The van der Waals surface area contributed by atoms with E-state index < -0.39 is 0 Å². The molecule has 2 rings (SSSR count). The first-order valence-electron chi connectivity index (χ1n) is 7.31. The van der Waals surface area contributed by atoms with Gasteiger partial charge in [-0.05, 0) is 30.5 Å². The Hall–Kier alpha value is -1.36. The van der Waals surface area contributed by atoms with E-state index in [9.17, 15) is 9.59 Å². The molecule has 1 aromatic carbocycles. The Morgan fingerprint density at radius 1 is 1.43 bits per heavy atom. The fourth-order valence-corrected chi connectivity index (χ4v) is 3.04. The van der Waals surface area contributed by atoms with Gasteiger partial charge < -0.3 is 10.2 Å². The van der Waals surface area contributed by atoms with Gasteiger partial charge in [-0.15, -0.1) is 0 Å². The van der Waals surface area contributed by atoms with Gasteiger partial charge >= 0.3 is 0 Å². The SMILES string of the molecule is CC(C)C(=O)N1CCCC1C(=O)NCc1cccc(Br)c1. The van der Waals surface area contributed by atoms with E-state index >= 15 is 0 Å². The highest BCUT2D eigenvalue weighted by molar-refractivity contribution is 9.10. The number of halogens is 1. The van der Waals surface area contributed by atoms with E-state index in [4.69, 9.17) is 0 Å². The number of carbonyl (C=O) groups is 2. The molecule has 1 aromatic rings. The van der Waals surface area contributed by atoms with E-state index in [0.717, 1.165) is 22.9 Å². The van der Waals surface area contributed by atoms with Gasteiger partial charge in [-0.3, -0.25) is 9.59 Å². The molecule has 0 aliphatic carbocycles. The highest BCUT2D eigenvalue weighted by Crippen LogP contribution is 2.20. The molecule has 0 spiro atoms. The molecule has 1 fully saturated rings. The molecule has 4 nitrogen and oxygen atoms in total. The van der Waals surface area contributed by atoms with Crippen molar-refractivity contribution in [3.05, 3.63) is 34.3 Å². The topological polar surface area (TPSA) is 49.4 Å². The van der Waals surface area contributed by atoms with Crippen LogP contribution < -0.4 is 5.32 Å². The quantitative estimate of drug-likeness (QED) is 0.905. The van der Waals surface area contributed by atoms with E-state index in [1.165, 1.54) is 0 Å². The van der Waals surface area contributed by atoms with Gasteiger partial charge in [0.25, 0.3) is 0 Å². The van der Waals surface area contributed by atoms with Gasteiger partial charge in [0.2, 0.25) is 11.8 Å². The second kappa shape index (κ2) is 7.07. The molecule has 5 heteroatoms. The minimum absolute atomic E-state index is 0.0542. The van der Waals surface area contributed by atoms with Gasteiger partial charge in [-0.2, -0.15) is 0 Å². The van der Waals surface area contributed by atoms with Gasteiger partial charge in [0, 0.05) is 23.5 Å². The monoisotopic (exact) mass is 352 g/mol. The Balaban J connectivity index is 1.95. The molecule has 1 aliphatic rings. The molecule has 1 N–H and O–H groups in total. The van der Waals surface area contributed by atoms with Crippen LogP contribution in [0.2, 0.25) is 0 Å². The summed E-state index contributed by atoms with van der Waals surface area (Å²) < 4.78 is 0.992. The van der Waals surface area contributed by atoms with Crippen molar-refractivity contribution in [3.63, 3.8) is 0 Å². The van der Waals surface area contributed by atoms with E-state index in [1.807, 2.05) is 38.1 Å². The molecule has 21 heavy (non-hydrogen) atoms. The van der Waals surface area contributed by atoms with Crippen LogP contribution in [-0.4, -0.2) is 29.3 Å². The molecule has 0 radical (unpaired) electrons. The largest absolute Gasteiger partial charge is 0.350 e. The zero-order valence-corrected chi connectivity index (χ0v) is 14.0. The summed E-state index contributed by atoms with van der Waals surface area (Å²) in [6.07, 6.45) is 1.65. The maximum atomic E-state index is 12.3. The lowest BCUT2D eigenvalue weighted by atomic mass is 10.1. The predicted molar refractivity (Wildman–Crippen MR) is 85.6 cm³/mol. The van der Waals surface area contributed by atoms with Crippen LogP contribution in [-0.2, 0) is 16.1 Å². The third kappa shape index (κ3) is 4.06. The lowest BCUT2D eigenvalue weighted by molar-refractivity contribution is -0.140. The lowest BCUT2D eigenvalue weighted by Crippen LogP contribution is -2.47. The van der Waals surface area contributed by atoms with Gasteiger partial charge in [0.1, 0.15) is 6.04 Å². The molecule has 1 heterocycles. The molecule has 2 amide bonds. The average Bonchev–Trinajstić information content (AvgIpc) is 2.93. The summed E-state index contributed by atoms with van der Waals surface area (Å²) in [6, 6.07) is 7.52. The minimum atomic E-state index is -0.313. The number of rotatable bonds is 4. The number of likely N-dealkylation sites (tertiary alicyclic amines) is 1. The normalized spacial score (nSPS) is 18.1. The maximum absolute atomic E-state index is 12.3. The molecule has 1 saturated heterocycles. The minimum Gasteiger partial charge on any atom is -0.350 e. The van der Waals surface area contributed by atoms with Crippen LogP contribution in [0.3, 0.4) is 0 Å². The van der Waals surface area contributed by atoms with Gasteiger partial charge in [0.05, 0.1) is 0 Å². The molecule has 0 bridgehead atoms. The summed E-state index contributed by atoms with van der Waals surface area (Å²) in [6.45, 7) is 4.92. The maximum Gasteiger partial charge on any atom is 0.243 e. The number of hydrogen-bond acceptors (Lipinski definition) is 2. The smallest absolute Gasteiger partial charge is 0.243 e. The zero-order chi connectivity index (χ0) is 15.4. The fourth-order valence-electron chi connectivity index (χ4n) is 2.59. The number of benzene rings is 1. The first-order valence-corrected chi connectivity index (χ1v) is 8.11. The Morgan fingerprint density at radius 2 is 2.19 bits per heavy atom. The first kappa shape index (κ1) is 16.0. The third-order valence-corrected chi connectivity index (χ3v) is 4.18. The highest BCUT2D eigenvalue weighted by atomic mass is 79.9. The Labute approximate surface area is 134 Å². The van der Waals surface area contributed by atoms with Gasteiger partial charge in [0.15, 0.2) is 0 Å². The summed E-state index contributed by atoms with van der Waals surface area (Å²) in [5, 5.41) is 2.94. The third-order valence-electron chi connectivity index (χ3n) is 3.69. The highest BCUT2D eigenvalue weighted by Gasteiger charge is 2.34. The summed E-state index contributed by atoms with van der Waals surface area (Å²) in [7, 11) is 0. The van der Waals surface area contributed by atoms with Crippen molar-refractivity contribution >= 4 is 27.7 Å². The van der Waals surface area contributed by atoms with E-state index in [1.54, 1.807) is 4.90 Å². The van der Waals surface area contributed by atoms with Crippen LogP contribution in [0.5, 0.6) is 0 Å². The number of nitrogens with zero attached hydrogens (tertiary/aromatic N) is 1. The molecular formula is C16H21BrN2O2. The summed E-state index contributed by atoms with van der Waals surface area (Å²) >= 11 is 3.41. The molecule has 1 atom stereocenters. The van der Waals surface area contributed by atoms with Crippen molar-refractivity contribution in [3.8, 4) is 0 Å². The number of carbonyl (C=O) groups excluding carboxylic acids is 2. The number of hydrogen-bond donors (Lipinski definition) is 1. The lowest BCUT2D eigenvalue weighted by Gasteiger charge is -2.25. The van der Waals surface area contributed by atoms with Crippen LogP contribution in [0.25, 0.3) is 0 Å². The zero-order valence-electron chi connectivity index (χ0n) is 12.4. The Kier molecular flexibility index (Phi) is 5.39. The Bertz CT molecular complexity index is 531. The second-order valence-corrected chi connectivity index (χ2v) is 6.61. The van der Waals surface area contributed by atoms with E-state index in [2.05, 4.69) is 21.2 Å². The summed E-state index contributed by atoms with van der Waals surface area (Å²) in [5.74, 6) is -0.0555. The van der Waals surface area contributed by atoms with Crippen molar-refractivity contribution in [1.82, 2.24) is 10.2 Å². The molecule has 1 unspecified atom stereocenters. The molecule has 1 aliphatic heterocycles. The number of nitrogens with one attached hydrogen (secondary N) is 1. The van der Waals surface area contributed by atoms with Crippen LogP contribution in [0.1, 0.15) is 32.3 Å². The molecular weight excluding hydrogens is 332 g/mol. The van der Waals surface area contributed by atoms with Crippen LogP contribution in [0.4, 0.5) is 0 Å². The van der Waals surface area contributed by atoms with Crippen molar-refractivity contribution < 1.29 is 9.59 Å². The van der Waals surface area contributed by atoms with Crippen molar-refractivity contribution in [2.75, 3.05) is 6.54 Å². The van der Waals surface area contributed by atoms with Gasteiger partial charge in [-0.25, -0.2) is 0 Å². The van der Waals surface area contributed by atoms with E-state index in [0.29, 0.717) is 13.1 Å². The first-order chi connectivity index (χ1) is 9.99. The average molecular weight is 353 g/mol. The van der Waals surface area contributed by atoms with E-state index in [-0.39, 0.29) is 23.8 Å². The predicted octanol–water partition coefficient (Wildman–Crippen LogP) is 2.71. The second-order valence-electron chi connectivity index (χ2n) is 5.69.